The second-order valence-electron chi connectivity index (χ2n) is 7.16. The third-order valence-electron chi connectivity index (χ3n) is 5.28. The van der Waals surface area contributed by atoms with Gasteiger partial charge >= 0.3 is 0 Å². The molecule has 1 aliphatic rings. The van der Waals surface area contributed by atoms with Gasteiger partial charge in [0.05, 0.1) is 31.4 Å². The van der Waals surface area contributed by atoms with Crippen LogP contribution in [-0.2, 0) is 0 Å². The summed E-state index contributed by atoms with van der Waals surface area (Å²) < 4.78 is 17.7. The normalized spacial score (nSPS) is 14.6. The van der Waals surface area contributed by atoms with Crippen LogP contribution in [0.1, 0.15) is 26.2 Å². The van der Waals surface area contributed by atoms with Crippen molar-refractivity contribution in [2.24, 2.45) is 0 Å². The molecule has 0 atom stereocenters. The Morgan fingerprint density at radius 2 is 1.79 bits per heavy atom. The van der Waals surface area contributed by atoms with Crippen molar-refractivity contribution in [3.63, 3.8) is 0 Å². The molecule has 0 aliphatic carbocycles. The summed E-state index contributed by atoms with van der Waals surface area (Å²) in [5.41, 5.74) is 1.78. The highest BCUT2D eigenvalue weighted by Crippen LogP contribution is 2.39. The van der Waals surface area contributed by atoms with Crippen molar-refractivity contribution in [1.29, 1.82) is 0 Å². The Hall–Kier alpha value is -2.53. The van der Waals surface area contributed by atoms with Gasteiger partial charge in [-0.25, -0.2) is 4.98 Å². The molecule has 148 valence electrons. The number of pyridine rings is 1. The zero-order valence-corrected chi connectivity index (χ0v) is 16.7. The number of hydrogen-bond donors (Lipinski definition) is 0. The van der Waals surface area contributed by atoms with E-state index < -0.39 is 0 Å². The van der Waals surface area contributed by atoms with Crippen molar-refractivity contribution in [2.75, 3.05) is 40.0 Å². The lowest BCUT2D eigenvalue weighted by Gasteiger charge is -2.17. The highest BCUT2D eigenvalue weighted by Gasteiger charge is 2.15. The van der Waals surface area contributed by atoms with Crippen molar-refractivity contribution < 1.29 is 14.2 Å². The maximum Gasteiger partial charge on any atom is 0.163 e. The highest BCUT2D eigenvalue weighted by molar-refractivity contribution is 6.02. The van der Waals surface area contributed by atoms with Crippen LogP contribution in [0.15, 0.2) is 36.4 Å². The van der Waals surface area contributed by atoms with E-state index in [-0.39, 0.29) is 0 Å². The fourth-order valence-corrected chi connectivity index (χ4v) is 3.91. The Morgan fingerprint density at radius 1 is 0.964 bits per heavy atom. The van der Waals surface area contributed by atoms with E-state index in [1.807, 2.05) is 43.3 Å². The number of likely N-dealkylation sites (tertiary alicyclic amines) is 1. The van der Waals surface area contributed by atoms with Crippen LogP contribution < -0.4 is 14.2 Å². The summed E-state index contributed by atoms with van der Waals surface area (Å²) in [4.78, 5) is 7.33. The zero-order valence-electron chi connectivity index (χ0n) is 16.7. The first-order valence-electron chi connectivity index (χ1n) is 10.2. The molecule has 0 spiro atoms. The molecule has 0 amide bonds. The summed E-state index contributed by atoms with van der Waals surface area (Å²) in [6.07, 6.45) is 3.65. The van der Waals surface area contributed by atoms with Gasteiger partial charge in [0.15, 0.2) is 11.5 Å². The summed E-state index contributed by atoms with van der Waals surface area (Å²) in [5, 5.41) is 1.96. The van der Waals surface area contributed by atoms with Crippen LogP contribution in [0.4, 0.5) is 0 Å². The first kappa shape index (κ1) is 18.8. The predicted octanol–water partition coefficient (Wildman–Crippen LogP) is 4.66. The van der Waals surface area contributed by atoms with Gasteiger partial charge in [-0.05, 0) is 57.5 Å². The quantitative estimate of drug-likeness (QED) is 0.420. The molecule has 1 aliphatic heterocycles. The summed E-state index contributed by atoms with van der Waals surface area (Å²) in [6, 6.07) is 12.0. The largest absolute Gasteiger partial charge is 0.493 e. The fraction of sp³-hybridized carbons (Fsp3) is 0.435. The van der Waals surface area contributed by atoms with Gasteiger partial charge in [-0.15, -0.1) is 0 Å². The van der Waals surface area contributed by atoms with E-state index in [1.165, 1.54) is 25.9 Å². The molecule has 28 heavy (non-hydrogen) atoms. The smallest absolute Gasteiger partial charge is 0.163 e. The molecular formula is C23H28N2O3. The van der Waals surface area contributed by atoms with E-state index in [1.54, 1.807) is 7.11 Å². The number of hydrogen-bond acceptors (Lipinski definition) is 5. The molecule has 0 unspecified atom stereocenters. The van der Waals surface area contributed by atoms with Gasteiger partial charge in [0.1, 0.15) is 5.75 Å². The third-order valence-corrected chi connectivity index (χ3v) is 5.28. The lowest BCUT2D eigenvalue weighted by molar-refractivity contribution is 0.254. The Kier molecular flexibility index (Phi) is 5.81. The minimum absolute atomic E-state index is 0.597. The first-order valence-corrected chi connectivity index (χ1v) is 10.2. The fourth-order valence-electron chi connectivity index (χ4n) is 3.91. The van der Waals surface area contributed by atoms with Crippen LogP contribution in [0, 0.1) is 0 Å². The second kappa shape index (κ2) is 8.65. The first-order chi connectivity index (χ1) is 13.8. The van der Waals surface area contributed by atoms with Crippen molar-refractivity contribution in [3.05, 3.63) is 36.4 Å². The van der Waals surface area contributed by atoms with E-state index in [2.05, 4.69) is 4.90 Å². The molecule has 0 bridgehead atoms. The van der Waals surface area contributed by atoms with Crippen molar-refractivity contribution >= 4 is 21.8 Å². The number of para-hydroxylation sites is 1. The predicted molar refractivity (Wildman–Crippen MR) is 113 cm³/mol. The average Bonchev–Trinajstić information content (AvgIpc) is 3.24. The Balaban J connectivity index is 1.62. The number of methoxy groups -OCH3 is 1. The SMILES string of the molecule is CCOc1c2ccccc2nc2cc(OCCCN3CCCC3)c(OC)cc12. The number of benzene rings is 2. The molecule has 1 saturated heterocycles. The van der Waals surface area contributed by atoms with Crippen LogP contribution in [-0.4, -0.2) is 49.8 Å². The van der Waals surface area contributed by atoms with Gasteiger partial charge in [0.2, 0.25) is 0 Å². The average molecular weight is 380 g/mol. The molecule has 0 radical (unpaired) electrons. The summed E-state index contributed by atoms with van der Waals surface area (Å²) in [5.74, 6) is 2.30. The molecule has 4 rings (SSSR count). The number of fused-ring (bicyclic) bond motifs is 2. The maximum absolute atomic E-state index is 6.08. The highest BCUT2D eigenvalue weighted by atomic mass is 16.5. The third kappa shape index (κ3) is 3.85. The van der Waals surface area contributed by atoms with E-state index >= 15 is 0 Å². The Bertz CT molecular complexity index is 951. The minimum Gasteiger partial charge on any atom is -0.493 e. The number of rotatable bonds is 8. The molecule has 2 aromatic carbocycles. The van der Waals surface area contributed by atoms with Crippen LogP contribution in [0.3, 0.4) is 0 Å². The minimum atomic E-state index is 0.597. The van der Waals surface area contributed by atoms with Gasteiger partial charge in [0.25, 0.3) is 0 Å². The summed E-state index contributed by atoms with van der Waals surface area (Å²) in [6.45, 7) is 6.79. The van der Waals surface area contributed by atoms with Gasteiger partial charge in [-0.3, -0.25) is 0 Å². The number of aromatic nitrogens is 1. The molecule has 3 aromatic rings. The lowest BCUT2D eigenvalue weighted by Crippen LogP contribution is -2.21. The van der Waals surface area contributed by atoms with Crippen molar-refractivity contribution in [2.45, 2.75) is 26.2 Å². The summed E-state index contributed by atoms with van der Waals surface area (Å²) >= 11 is 0. The number of ether oxygens (including phenoxy) is 3. The van der Waals surface area contributed by atoms with E-state index in [4.69, 9.17) is 19.2 Å². The maximum atomic E-state index is 6.08. The van der Waals surface area contributed by atoms with Crippen LogP contribution in [0.2, 0.25) is 0 Å². The zero-order chi connectivity index (χ0) is 19.3. The topological polar surface area (TPSA) is 43.8 Å². The molecule has 5 nitrogen and oxygen atoms in total. The Labute approximate surface area is 166 Å². The van der Waals surface area contributed by atoms with Crippen LogP contribution in [0.25, 0.3) is 21.8 Å². The van der Waals surface area contributed by atoms with Crippen LogP contribution >= 0.6 is 0 Å². The van der Waals surface area contributed by atoms with Gasteiger partial charge < -0.3 is 19.1 Å². The Morgan fingerprint density at radius 3 is 2.57 bits per heavy atom. The molecule has 1 fully saturated rings. The molecule has 2 heterocycles. The molecule has 1 aromatic heterocycles. The van der Waals surface area contributed by atoms with Crippen molar-refractivity contribution in [3.8, 4) is 17.2 Å². The monoisotopic (exact) mass is 380 g/mol. The van der Waals surface area contributed by atoms with Crippen LogP contribution in [0.5, 0.6) is 17.2 Å². The van der Waals surface area contributed by atoms with E-state index in [9.17, 15) is 0 Å². The van der Waals surface area contributed by atoms with Crippen molar-refractivity contribution in [1.82, 2.24) is 9.88 Å². The van der Waals surface area contributed by atoms with Gasteiger partial charge in [-0.1, -0.05) is 12.1 Å². The summed E-state index contributed by atoms with van der Waals surface area (Å²) in [7, 11) is 1.67. The molecule has 5 heteroatoms. The van der Waals surface area contributed by atoms with E-state index in [0.717, 1.165) is 46.3 Å². The molecular weight excluding hydrogens is 352 g/mol. The molecule has 0 saturated carbocycles. The number of nitrogens with zero attached hydrogens (tertiary/aromatic N) is 2. The lowest BCUT2D eigenvalue weighted by atomic mass is 10.1. The van der Waals surface area contributed by atoms with Gasteiger partial charge in [-0.2, -0.15) is 0 Å². The van der Waals surface area contributed by atoms with E-state index in [0.29, 0.717) is 19.0 Å². The molecule has 0 N–H and O–H groups in total. The standard InChI is InChI=1S/C23H28N2O3/c1-3-27-23-17-9-4-5-10-19(17)24-20-16-22(21(26-2)15-18(20)23)28-14-8-13-25-11-6-7-12-25/h4-5,9-10,15-16H,3,6-8,11-14H2,1-2H3. The van der Waals surface area contributed by atoms with Gasteiger partial charge in [0, 0.05) is 23.4 Å². The second-order valence-corrected chi connectivity index (χ2v) is 7.16.